The van der Waals surface area contributed by atoms with E-state index in [1.807, 2.05) is 0 Å². The summed E-state index contributed by atoms with van der Waals surface area (Å²) in [6.07, 6.45) is 1.56. The van der Waals surface area contributed by atoms with E-state index in [2.05, 4.69) is 27.5 Å². The van der Waals surface area contributed by atoms with Crippen molar-refractivity contribution in [2.75, 3.05) is 11.9 Å². The normalized spacial score (nSPS) is 14.8. The fourth-order valence-electron chi connectivity index (χ4n) is 1.95. The number of aliphatic imine (C=N–C) groups is 1. The van der Waals surface area contributed by atoms with Crippen LogP contribution >= 0.6 is 0 Å². The highest BCUT2D eigenvalue weighted by Gasteiger charge is 2.15. The standard InChI is InChI=1S/C15H19N7O2/c1-8-11(7-19-15(20-8)22-14(18)24)9-2-4-10(5-3-9)21-13(23)12(17)6-16/h2-5,7,12H,1,6,16-17H2,(H,21,23)(H4,18,19,20,22,24)/t12-/m1/s1. The monoisotopic (exact) mass is 329 g/mol. The Balaban J connectivity index is 2.12. The zero-order valence-corrected chi connectivity index (χ0v) is 12.9. The van der Waals surface area contributed by atoms with Crippen molar-refractivity contribution in [3.05, 3.63) is 48.3 Å². The molecule has 0 spiro atoms. The molecule has 0 unspecified atom stereocenters. The summed E-state index contributed by atoms with van der Waals surface area (Å²) in [5.74, 6) is -0.143. The molecule has 0 fully saturated rings. The maximum Gasteiger partial charge on any atom is 0.318 e. The number of carbonyl (C=O) groups excluding carboxylic acids is 2. The topological polar surface area (TPSA) is 161 Å². The fraction of sp³-hybridized carbons (Fsp3) is 0.133. The third-order valence-corrected chi connectivity index (χ3v) is 3.21. The number of rotatable bonds is 4. The van der Waals surface area contributed by atoms with Crippen molar-refractivity contribution in [2.45, 2.75) is 6.04 Å². The van der Waals surface area contributed by atoms with E-state index in [1.165, 1.54) is 0 Å². The van der Waals surface area contributed by atoms with Crippen molar-refractivity contribution in [3.8, 4) is 0 Å². The van der Waals surface area contributed by atoms with Crippen LogP contribution in [0.1, 0.15) is 5.56 Å². The maximum atomic E-state index is 11.7. The lowest BCUT2D eigenvalue weighted by atomic mass is 10.0. The van der Waals surface area contributed by atoms with Gasteiger partial charge in [0.05, 0.1) is 6.04 Å². The van der Waals surface area contributed by atoms with E-state index in [9.17, 15) is 9.59 Å². The van der Waals surface area contributed by atoms with E-state index in [4.69, 9.17) is 17.2 Å². The summed E-state index contributed by atoms with van der Waals surface area (Å²) in [6.45, 7) is 3.95. The van der Waals surface area contributed by atoms with Gasteiger partial charge in [-0.25, -0.2) is 9.79 Å². The van der Waals surface area contributed by atoms with E-state index in [0.29, 0.717) is 11.4 Å². The van der Waals surface area contributed by atoms with Crippen LogP contribution in [0.15, 0.2) is 47.7 Å². The van der Waals surface area contributed by atoms with Crippen LogP contribution in [0, 0.1) is 0 Å². The van der Waals surface area contributed by atoms with Gasteiger partial charge in [-0.3, -0.25) is 10.1 Å². The Kier molecular flexibility index (Phi) is 5.30. The van der Waals surface area contributed by atoms with Gasteiger partial charge in [0.25, 0.3) is 0 Å². The summed E-state index contributed by atoms with van der Waals surface area (Å²) < 4.78 is 0. The zero-order chi connectivity index (χ0) is 17.7. The third kappa shape index (κ3) is 4.18. The largest absolute Gasteiger partial charge is 0.351 e. The lowest BCUT2D eigenvalue weighted by Gasteiger charge is -2.19. The Morgan fingerprint density at radius 2 is 1.92 bits per heavy atom. The van der Waals surface area contributed by atoms with Crippen molar-refractivity contribution in [2.24, 2.45) is 22.2 Å². The molecule has 0 aromatic heterocycles. The molecule has 9 heteroatoms. The van der Waals surface area contributed by atoms with Crippen molar-refractivity contribution in [3.63, 3.8) is 0 Å². The molecule has 24 heavy (non-hydrogen) atoms. The van der Waals surface area contributed by atoms with Crippen molar-refractivity contribution in [1.82, 2.24) is 10.6 Å². The molecule has 1 atom stereocenters. The van der Waals surface area contributed by atoms with E-state index in [0.717, 1.165) is 11.1 Å². The molecule has 3 amide bonds. The summed E-state index contributed by atoms with van der Waals surface area (Å²) in [5.41, 5.74) is 18.7. The molecule has 1 aromatic rings. The van der Waals surface area contributed by atoms with Gasteiger partial charge in [-0.1, -0.05) is 18.7 Å². The summed E-state index contributed by atoms with van der Waals surface area (Å²) in [7, 11) is 0. The van der Waals surface area contributed by atoms with Crippen LogP contribution in [0.3, 0.4) is 0 Å². The van der Waals surface area contributed by atoms with Crippen molar-refractivity contribution >= 4 is 29.2 Å². The number of hydrogen-bond acceptors (Lipinski definition) is 6. The van der Waals surface area contributed by atoms with E-state index in [-0.39, 0.29) is 18.4 Å². The van der Waals surface area contributed by atoms with Gasteiger partial charge in [-0.05, 0) is 17.7 Å². The summed E-state index contributed by atoms with van der Waals surface area (Å²) in [5, 5.41) is 7.85. The van der Waals surface area contributed by atoms with Crippen LogP contribution in [0.5, 0.6) is 0 Å². The second kappa shape index (κ2) is 7.40. The maximum absolute atomic E-state index is 11.7. The Morgan fingerprint density at radius 3 is 2.46 bits per heavy atom. The number of nitrogens with two attached hydrogens (primary N) is 3. The molecule has 126 valence electrons. The van der Waals surface area contributed by atoms with Crippen LogP contribution in [0.4, 0.5) is 10.5 Å². The molecule has 9 N–H and O–H groups in total. The highest BCUT2D eigenvalue weighted by molar-refractivity contribution is 6.00. The number of allylic oxidation sites excluding steroid dienone is 1. The molecule has 0 aliphatic carbocycles. The lowest BCUT2D eigenvalue weighted by Crippen LogP contribution is -2.44. The number of benzene rings is 1. The minimum absolute atomic E-state index is 0.0714. The van der Waals surface area contributed by atoms with Crippen LogP contribution < -0.4 is 33.2 Å². The first-order chi connectivity index (χ1) is 11.4. The number of urea groups is 1. The van der Waals surface area contributed by atoms with Gasteiger partial charge in [-0.2, -0.15) is 0 Å². The molecule has 1 aliphatic rings. The molecule has 1 aliphatic heterocycles. The molecule has 0 saturated heterocycles. The van der Waals surface area contributed by atoms with Gasteiger partial charge in [0.1, 0.15) is 0 Å². The number of guanidine groups is 1. The van der Waals surface area contributed by atoms with Gasteiger partial charge in [-0.15, -0.1) is 0 Å². The summed E-state index contributed by atoms with van der Waals surface area (Å²) in [6, 6.07) is 5.58. The van der Waals surface area contributed by atoms with Crippen LogP contribution in [0.25, 0.3) is 5.57 Å². The lowest BCUT2D eigenvalue weighted by molar-refractivity contribution is -0.117. The van der Waals surface area contributed by atoms with Gasteiger partial charge >= 0.3 is 6.03 Å². The number of primary amides is 1. The van der Waals surface area contributed by atoms with Crippen molar-refractivity contribution < 1.29 is 9.59 Å². The Morgan fingerprint density at radius 1 is 1.25 bits per heavy atom. The van der Waals surface area contributed by atoms with Crippen molar-refractivity contribution in [1.29, 1.82) is 0 Å². The number of amides is 3. The average Bonchev–Trinajstić information content (AvgIpc) is 2.54. The SMILES string of the molecule is C=C1NC(NC(N)=O)=NC=C1c1ccc(NC(=O)[C@H](N)CN)cc1. The second-order valence-corrected chi connectivity index (χ2v) is 5.02. The van der Waals surface area contributed by atoms with Crippen LogP contribution in [-0.2, 0) is 4.79 Å². The van der Waals surface area contributed by atoms with Crippen LogP contribution in [-0.4, -0.2) is 30.5 Å². The first-order valence-corrected chi connectivity index (χ1v) is 7.08. The highest BCUT2D eigenvalue weighted by Crippen LogP contribution is 2.24. The molecule has 0 bridgehead atoms. The number of carbonyl (C=O) groups is 2. The number of anilines is 1. The minimum Gasteiger partial charge on any atom is -0.351 e. The van der Waals surface area contributed by atoms with Gasteiger partial charge in [0.15, 0.2) is 0 Å². The summed E-state index contributed by atoms with van der Waals surface area (Å²) >= 11 is 0. The fourth-order valence-corrected chi connectivity index (χ4v) is 1.95. The highest BCUT2D eigenvalue weighted by atomic mass is 16.2. The number of nitrogens with one attached hydrogen (secondary N) is 3. The third-order valence-electron chi connectivity index (χ3n) is 3.21. The predicted molar refractivity (Wildman–Crippen MR) is 92.5 cm³/mol. The first-order valence-electron chi connectivity index (χ1n) is 7.08. The number of hydrogen-bond donors (Lipinski definition) is 6. The Hall–Kier alpha value is -3.17. The van der Waals surface area contributed by atoms with E-state index < -0.39 is 12.1 Å². The first kappa shape index (κ1) is 17.2. The molecule has 0 radical (unpaired) electrons. The minimum atomic E-state index is -0.750. The molecular formula is C15H19N7O2. The van der Waals surface area contributed by atoms with Gasteiger partial charge in [0.2, 0.25) is 11.9 Å². The van der Waals surface area contributed by atoms with Gasteiger partial charge in [0, 0.05) is 29.7 Å². The Labute approximate surface area is 138 Å². The van der Waals surface area contributed by atoms with Crippen LogP contribution in [0.2, 0.25) is 0 Å². The van der Waals surface area contributed by atoms with Gasteiger partial charge < -0.3 is 27.8 Å². The molecule has 9 nitrogen and oxygen atoms in total. The quantitative estimate of drug-likeness (QED) is 0.434. The number of nitrogens with zero attached hydrogens (tertiary/aromatic N) is 1. The molecule has 1 aromatic carbocycles. The molecule has 1 heterocycles. The smallest absolute Gasteiger partial charge is 0.318 e. The Bertz CT molecular complexity index is 722. The molecular weight excluding hydrogens is 310 g/mol. The predicted octanol–water partition coefficient (Wildman–Crippen LogP) is -0.607. The molecule has 2 rings (SSSR count). The average molecular weight is 329 g/mol. The zero-order valence-electron chi connectivity index (χ0n) is 12.9. The second-order valence-electron chi connectivity index (χ2n) is 5.02. The van der Waals surface area contributed by atoms with E-state index in [1.54, 1.807) is 30.5 Å². The van der Waals surface area contributed by atoms with E-state index >= 15 is 0 Å². The summed E-state index contributed by atoms with van der Waals surface area (Å²) in [4.78, 5) is 26.6. The molecule has 0 saturated carbocycles.